The predicted molar refractivity (Wildman–Crippen MR) is 79.3 cm³/mol. The van der Waals surface area contributed by atoms with Crippen LogP contribution in [0.3, 0.4) is 0 Å². The van der Waals surface area contributed by atoms with E-state index in [2.05, 4.69) is 15.5 Å². The highest BCUT2D eigenvalue weighted by Crippen LogP contribution is 2.19. The Hall–Kier alpha value is -2.50. The number of rotatable bonds is 6. The molecule has 110 valence electrons. The second-order valence-electron chi connectivity index (χ2n) is 5.21. The molecule has 21 heavy (non-hydrogen) atoms. The van der Waals surface area contributed by atoms with Gasteiger partial charge >= 0.3 is 5.97 Å². The number of carboxylic acid groups (broad SMARTS) is 1. The molecule has 1 heterocycles. The van der Waals surface area contributed by atoms with Crippen LogP contribution in [-0.4, -0.2) is 31.3 Å². The van der Waals surface area contributed by atoms with Gasteiger partial charge in [-0.3, -0.25) is 0 Å². The van der Waals surface area contributed by atoms with E-state index < -0.39 is 12.0 Å². The van der Waals surface area contributed by atoms with Gasteiger partial charge < -0.3 is 5.11 Å². The van der Waals surface area contributed by atoms with Crippen LogP contribution in [-0.2, 0) is 4.79 Å². The van der Waals surface area contributed by atoms with Crippen molar-refractivity contribution < 1.29 is 9.90 Å². The van der Waals surface area contributed by atoms with Crippen LogP contribution in [0, 0.1) is 5.92 Å². The Labute approximate surface area is 123 Å². The highest BCUT2D eigenvalue weighted by molar-refractivity contribution is 5.73. The molecule has 1 unspecified atom stereocenters. The summed E-state index contributed by atoms with van der Waals surface area (Å²) in [6.45, 7) is 3.94. The molecule has 0 aliphatic carbocycles. The van der Waals surface area contributed by atoms with Gasteiger partial charge in [-0.05, 0) is 34.4 Å². The first-order valence-corrected chi connectivity index (χ1v) is 6.81. The molecule has 1 atom stereocenters. The molecule has 0 aliphatic heterocycles. The number of benzene rings is 1. The van der Waals surface area contributed by atoms with Crippen LogP contribution >= 0.6 is 0 Å². The zero-order valence-corrected chi connectivity index (χ0v) is 12.0. The number of carbonyl (C=O) groups is 1. The Bertz CT molecular complexity index is 620. The number of hydrogen-bond acceptors (Lipinski definition) is 4. The van der Waals surface area contributed by atoms with E-state index in [4.69, 9.17) is 0 Å². The van der Waals surface area contributed by atoms with E-state index in [-0.39, 0.29) is 5.92 Å². The lowest BCUT2D eigenvalue weighted by Crippen LogP contribution is -2.23. The summed E-state index contributed by atoms with van der Waals surface area (Å²) in [5, 5.41) is 20.7. The van der Waals surface area contributed by atoms with E-state index in [1.165, 1.54) is 4.68 Å². The predicted octanol–water partition coefficient (Wildman–Crippen LogP) is 2.52. The summed E-state index contributed by atoms with van der Waals surface area (Å²) in [6, 6.07) is 8.95. The maximum Gasteiger partial charge on any atom is 0.328 e. The van der Waals surface area contributed by atoms with Crippen molar-refractivity contribution in [1.29, 1.82) is 0 Å². The molecule has 0 aliphatic rings. The second-order valence-corrected chi connectivity index (χ2v) is 5.21. The van der Waals surface area contributed by atoms with Crippen molar-refractivity contribution in [3.05, 3.63) is 41.7 Å². The topological polar surface area (TPSA) is 80.9 Å². The highest BCUT2D eigenvalue weighted by Gasteiger charge is 2.24. The van der Waals surface area contributed by atoms with Gasteiger partial charge in [0.2, 0.25) is 0 Å². The van der Waals surface area contributed by atoms with E-state index in [0.29, 0.717) is 12.2 Å². The maximum absolute atomic E-state index is 11.4. The molecular weight excluding hydrogens is 268 g/mol. The molecule has 1 aromatic heterocycles. The summed E-state index contributed by atoms with van der Waals surface area (Å²) in [7, 11) is 0. The number of tetrazole rings is 1. The average Bonchev–Trinajstić information content (AvgIpc) is 2.91. The fraction of sp³-hybridized carbons (Fsp3) is 0.333. The van der Waals surface area contributed by atoms with Gasteiger partial charge in [-0.1, -0.05) is 50.3 Å². The Kier molecular flexibility index (Phi) is 4.81. The lowest BCUT2D eigenvalue weighted by molar-refractivity contribution is -0.141. The third kappa shape index (κ3) is 3.98. The van der Waals surface area contributed by atoms with Gasteiger partial charge in [0.1, 0.15) is 0 Å². The highest BCUT2D eigenvalue weighted by atomic mass is 16.4. The number of carboxylic acids is 1. The van der Waals surface area contributed by atoms with Crippen LogP contribution in [0.2, 0.25) is 0 Å². The number of hydrogen-bond donors (Lipinski definition) is 1. The first-order valence-electron chi connectivity index (χ1n) is 6.81. The molecule has 0 amide bonds. The standard InChI is InChI=1S/C15H18N4O2/c1-11(2)10-13(15(20)21)19-14(16-17-18-19)9-8-12-6-4-3-5-7-12/h3-9,11,13H,10H2,1-2H3,(H,20,21)/b9-8+. The molecule has 0 saturated carbocycles. The van der Waals surface area contributed by atoms with Gasteiger partial charge in [0.25, 0.3) is 0 Å². The van der Waals surface area contributed by atoms with Crippen molar-refractivity contribution in [2.45, 2.75) is 26.3 Å². The Balaban J connectivity index is 2.25. The molecule has 0 radical (unpaired) electrons. The smallest absolute Gasteiger partial charge is 0.328 e. The zero-order valence-electron chi connectivity index (χ0n) is 12.0. The molecule has 1 aromatic carbocycles. The lowest BCUT2D eigenvalue weighted by Gasteiger charge is -2.14. The summed E-state index contributed by atoms with van der Waals surface area (Å²) in [6.07, 6.45) is 4.06. The van der Waals surface area contributed by atoms with Gasteiger partial charge in [-0.25, -0.2) is 9.48 Å². The van der Waals surface area contributed by atoms with Crippen LogP contribution < -0.4 is 0 Å². The molecule has 0 saturated heterocycles. The Morgan fingerprint density at radius 1 is 1.29 bits per heavy atom. The molecule has 6 heteroatoms. The lowest BCUT2D eigenvalue weighted by atomic mass is 10.0. The van der Waals surface area contributed by atoms with E-state index in [1.54, 1.807) is 6.08 Å². The van der Waals surface area contributed by atoms with Crippen LogP contribution in [0.15, 0.2) is 30.3 Å². The molecule has 0 fully saturated rings. The average molecular weight is 286 g/mol. The van der Waals surface area contributed by atoms with Gasteiger partial charge in [0.05, 0.1) is 0 Å². The molecule has 6 nitrogen and oxygen atoms in total. The number of aliphatic carboxylic acids is 1. The Morgan fingerprint density at radius 2 is 2.00 bits per heavy atom. The normalized spacial score (nSPS) is 12.9. The van der Waals surface area contributed by atoms with Gasteiger partial charge in [0, 0.05) is 0 Å². The summed E-state index contributed by atoms with van der Waals surface area (Å²) < 4.78 is 1.36. The third-order valence-corrected chi connectivity index (χ3v) is 3.02. The minimum Gasteiger partial charge on any atom is -0.480 e. The number of nitrogens with zero attached hydrogens (tertiary/aromatic N) is 4. The monoisotopic (exact) mass is 286 g/mol. The number of aromatic nitrogens is 4. The largest absolute Gasteiger partial charge is 0.480 e. The van der Waals surface area contributed by atoms with Crippen molar-refractivity contribution in [3.8, 4) is 0 Å². The van der Waals surface area contributed by atoms with E-state index in [1.807, 2.05) is 50.3 Å². The quantitative estimate of drug-likeness (QED) is 0.882. The minimum absolute atomic E-state index is 0.237. The molecular formula is C15H18N4O2. The zero-order chi connectivity index (χ0) is 15.2. The molecule has 0 spiro atoms. The fourth-order valence-electron chi connectivity index (χ4n) is 2.02. The third-order valence-electron chi connectivity index (χ3n) is 3.02. The molecule has 2 rings (SSSR count). The minimum atomic E-state index is -0.926. The van der Waals surface area contributed by atoms with Crippen molar-refractivity contribution in [2.24, 2.45) is 5.92 Å². The first-order chi connectivity index (χ1) is 10.1. The van der Waals surface area contributed by atoms with E-state index in [9.17, 15) is 9.90 Å². The maximum atomic E-state index is 11.4. The summed E-state index contributed by atoms with van der Waals surface area (Å²) in [5.41, 5.74) is 1.00. The first kappa shape index (κ1) is 14.9. The van der Waals surface area contributed by atoms with Gasteiger partial charge in [-0.15, -0.1) is 5.10 Å². The van der Waals surface area contributed by atoms with E-state index >= 15 is 0 Å². The van der Waals surface area contributed by atoms with Gasteiger partial charge in [-0.2, -0.15) is 0 Å². The molecule has 2 aromatic rings. The Morgan fingerprint density at radius 3 is 2.62 bits per heavy atom. The van der Waals surface area contributed by atoms with E-state index in [0.717, 1.165) is 5.56 Å². The van der Waals surface area contributed by atoms with Crippen LogP contribution in [0.4, 0.5) is 0 Å². The summed E-state index contributed by atoms with van der Waals surface area (Å²) in [5.74, 6) is -0.251. The van der Waals surface area contributed by atoms with Gasteiger partial charge in [0.15, 0.2) is 11.9 Å². The summed E-state index contributed by atoms with van der Waals surface area (Å²) >= 11 is 0. The van der Waals surface area contributed by atoms with Crippen molar-refractivity contribution in [2.75, 3.05) is 0 Å². The molecule has 0 bridgehead atoms. The van der Waals surface area contributed by atoms with Crippen LogP contribution in [0.5, 0.6) is 0 Å². The van der Waals surface area contributed by atoms with Crippen molar-refractivity contribution in [3.63, 3.8) is 0 Å². The summed E-state index contributed by atoms with van der Waals surface area (Å²) in [4.78, 5) is 11.4. The fourth-order valence-corrected chi connectivity index (χ4v) is 2.02. The second kappa shape index (κ2) is 6.78. The SMILES string of the molecule is CC(C)CC(C(=O)O)n1nnnc1/C=C/c1ccccc1. The molecule has 1 N–H and O–H groups in total. The van der Waals surface area contributed by atoms with Crippen LogP contribution in [0.25, 0.3) is 12.2 Å². The van der Waals surface area contributed by atoms with Crippen molar-refractivity contribution >= 4 is 18.1 Å². The van der Waals surface area contributed by atoms with Crippen molar-refractivity contribution in [1.82, 2.24) is 20.2 Å². The van der Waals surface area contributed by atoms with Crippen LogP contribution in [0.1, 0.15) is 37.7 Å².